The second-order valence-corrected chi connectivity index (χ2v) is 5.62. The first-order valence-electron chi connectivity index (χ1n) is 7.83. The molecule has 0 saturated heterocycles. The fourth-order valence-corrected chi connectivity index (χ4v) is 2.43. The SMILES string of the molecule is O=C(OCc1ccccc1)[C@H]1C=C[C@H]1C(=O)OCc1ccccc1. The minimum atomic E-state index is -0.558. The Hall–Kier alpha value is -2.88. The lowest BCUT2D eigenvalue weighted by atomic mass is 9.82. The largest absolute Gasteiger partial charge is 0.460 e. The van der Waals surface area contributed by atoms with E-state index in [1.54, 1.807) is 12.2 Å². The van der Waals surface area contributed by atoms with Gasteiger partial charge in [0.15, 0.2) is 0 Å². The van der Waals surface area contributed by atoms with E-state index in [9.17, 15) is 9.59 Å². The number of hydrogen-bond acceptors (Lipinski definition) is 4. The molecule has 2 aromatic carbocycles. The van der Waals surface area contributed by atoms with Gasteiger partial charge in [0.05, 0.1) is 11.8 Å². The molecule has 0 N–H and O–H groups in total. The lowest BCUT2D eigenvalue weighted by Crippen LogP contribution is -2.35. The molecule has 1 aliphatic carbocycles. The van der Waals surface area contributed by atoms with Crippen molar-refractivity contribution in [2.75, 3.05) is 0 Å². The molecule has 2 atom stereocenters. The van der Waals surface area contributed by atoms with Gasteiger partial charge in [0.25, 0.3) is 0 Å². The number of hydrogen-bond donors (Lipinski definition) is 0. The highest BCUT2D eigenvalue weighted by molar-refractivity contribution is 5.87. The van der Waals surface area contributed by atoms with Crippen LogP contribution < -0.4 is 0 Å². The van der Waals surface area contributed by atoms with Crippen LogP contribution in [0.15, 0.2) is 72.8 Å². The molecule has 4 heteroatoms. The van der Waals surface area contributed by atoms with Crippen molar-refractivity contribution in [3.8, 4) is 0 Å². The maximum Gasteiger partial charge on any atom is 0.314 e. The van der Waals surface area contributed by atoms with Crippen LogP contribution in [0, 0.1) is 11.8 Å². The van der Waals surface area contributed by atoms with E-state index in [1.807, 2.05) is 60.7 Å². The van der Waals surface area contributed by atoms with Crippen molar-refractivity contribution in [2.45, 2.75) is 13.2 Å². The first-order chi connectivity index (χ1) is 11.7. The van der Waals surface area contributed by atoms with Gasteiger partial charge in [0.1, 0.15) is 13.2 Å². The Morgan fingerprint density at radius 2 is 1.04 bits per heavy atom. The van der Waals surface area contributed by atoms with Crippen molar-refractivity contribution in [1.29, 1.82) is 0 Å². The van der Waals surface area contributed by atoms with Gasteiger partial charge in [-0.3, -0.25) is 9.59 Å². The Kier molecular flexibility index (Phi) is 5.06. The molecular weight excluding hydrogens is 304 g/mol. The van der Waals surface area contributed by atoms with Gasteiger partial charge in [-0.05, 0) is 11.1 Å². The zero-order valence-corrected chi connectivity index (χ0v) is 13.1. The molecule has 0 amide bonds. The summed E-state index contributed by atoms with van der Waals surface area (Å²) in [5.74, 6) is -1.92. The molecule has 0 aromatic heterocycles. The van der Waals surface area contributed by atoms with Crippen LogP contribution in [0.5, 0.6) is 0 Å². The molecule has 0 bridgehead atoms. The van der Waals surface area contributed by atoms with Crippen molar-refractivity contribution in [3.05, 3.63) is 83.9 Å². The fourth-order valence-electron chi connectivity index (χ4n) is 2.43. The molecule has 4 nitrogen and oxygen atoms in total. The van der Waals surface area contributed by atoms with Crippen LogP contribution in [0.3, 0.4) is 0 Å². The highest BCUT2D eigenvalue weighted by Crippen LogP contribution is 2.28. The van der Waals surface area contributed by atoms with E-state index in [4.69, 9.17) is 9.47 Å². The third-order valence-corrected chi connectivity index (χ3v) is 3.90. The molecule has 1 aliphatic rings. The number of carbonyl (C=O) groups is 2. The molecule has 0 fully saturated rings. The summed E-state index contributed by atoms with van der Waals surface area (Å²) in [6.07, 6.45) is 3.36. The van der Waals surface area contributed by atoms with E-state index in [1.165, 1.54) is 0 Å². The first-order valence-corrected chi connectivity index (χ1v) is 7.83. The summed E-state index contributed by atoms with van der Waals surface area (Å²) < 4.78 is 10.6. The van der Waals surface area contributed by atoms with Crippen LogP contribution in [0.1, 0.15) is 11.1 Å². The van der Waals surface area contributed by atoms with Crippen molar-refractivity contribution < 1.29 is 19.1 Å². The van der Waals surface area contributed by atoms with E-state index in [-0.39, 0.29) is 13.2 Å². The fraction of sp³-hybridized carbons (Fsp3) is 0.200. The van der Waals surface area contributed by atoms with Gasteiger partial charge in [0, 0.05) is 0 Å². The molecule has 0 spiro atoms. The molecule has 0 aliphatic heterocycles. The maximum absolute atomic E-state index is 12.1. The summed E-state index contributed by atoms with van der Waals surface area (Å²) in [6.45, 7) is 0.408. The summed E-state index contributed by atoms with van der Waals surface area (Å²) in [5.41, 5.74) is 1.83. The van der Waals surface area contributed by atoms with Crippen LogP contribution in [0.4, 0.5) is 0 Å². The van der Waals surface area contributed by atoms with Crippen molar-refractivity contribution in [3.63, 3.8) is 0 Å². The van der Waals surface area contributed by atoms with Crippen molar-refractivity contribution in [2.24, 2.45) is 11.8 Å². The molecule has 0 saturated carbocycles. The Morgan fingerprint density at radius 3 is 1.38 bits per heavy atom. The standard InChI is InChI=1S/C20H18O4/c21-19(23-13-15-7-3-1-4-8-15)17-11-12-18(17)20(22)24-14-16-9-5-2-6-10-16/h1-12,17-18H,13-14H2/t17-,18+. The predicted molar refractivity (Wildman–Crippen MR) is 88.6 cm³/mol. The van der Waals surface area contributed by atoms with Gasteiger partial charge in [-0.25, -0.2) is 0 Å². The van der Waals surface area contributed by atoms with Crippen LogP contribution in [0.25, 0.3) is 0 Å². The number of rotatable bonds is 6. The molecule has 0 heterocycles. The monoisotopic (exact) mass is 322 g/mol. The van der Waals surface area contributed by atoms with E-state index >= 15 is 0 Å². The topological polar surface area (TPSA) is 52.6 Å². The van der Waals surface area contributed by atoms with E-state index in [2.05, 4.69) is 0 Å². The molecule has 0 radical (unpaired) electrons. The van der Waals surface area contributed by atoms with Crippen LogP contribution in [-0.2, 0) is 32.3 Å². The molecule has 0 unspecified atom stereocenters. The summed E-state index contributed by atoms with van der Waals surface area (Å²) in [4.78, 5) is 24.2. The smallest absolute Gasteiger partial charge is 0.314 e. The minimum absolute atomic E-state index is 0.204. The van der Waals surface area contributed by atoms with Gasteiger partial charge < -0.3 is 9.47 Å². The predicted octanol–water partition coefficient (Wildman–Crippen LogP) is 3.28. The quantitative estimate of drug-likeness (QED) is 0.605. The van der Waals surface area contributed by atoms with Gasteiger partial charge in [-0.2, -0.15) is 0 Å². The Bertz CT molecular complexity index is 658. The van der Waals surface area contributed by atoms with Crippen molar-refractivity contribution in [1.82, 2.24) is 0 Å². The molecule has 24 heavy (non-hydrogen) atoms. The minimum Gasteiger partial charge on any atom is -0.460 e. The summed E-state index contributed by atoms with van der Waals surface area (Å²) >= 11 is 0. The highest BCUT2D eigenvalue weighted by Gasteiger charge is 2.38. The average Bonchev–Trinajstić information content (AvgIpc) is 2.59. The maximum atomic E-state index is 12.1. The highest BCUT2D eigenvalue weighted by atomic mass is 16.5. The van der Waals surface area contributed by atoms with Gasteiger partial charge in [-0.1, -0.05) is 72.8 Å². The number of esters is 2. The van der Waals surface area contributed by atoms with E-state index < -0.39 is 23.8 Å². The average molecular weight is 322 g/mol. The van der Waals surface area contributed by atoms with Crippen LogP contribution in [-0.4, -0.2) is 11.9 Å². The van der Waals surface area contributed by atoms with Gasteiger partial charge in [-0.15, -0.1) is 0 Å². The second kappa shape index (κ2) is 7.59. The lowest BCUT2D eigenvalue weighted by molar-refractivity contribution is -0.159. The lowest BCUT2D eigenvalue weighted by Gasteiger charge is -2.25. The second-order valence-electron chi connectivity index (χ2n) is 5.62. The number of benzene rings is 2. The molecule has 2 aromatic rings. The molecular formula is C20H18O4. The zero-order chi connectivity index (χ0) is 16.8. The van der Waals surface area contributed by atoms with E-state index in [0.717, 1.165) is 11.1 Å². The number of ether oxygens (including phenoxy) is 2. The third-order valence-electron chi connectivity index (χ3n) is 3.90. The van der Waals surface area contributed by atoms with Gasteiger partial charge >= 0.3 is 11.9 Å². The first kappa shape index (κ1) is 16.0. The Morgan fingerprint density at radius 1 is 0.667 bits per heavy atom. The van der Waals surface area contributed by atoms with Crippen LogP contribution in [0.2, 0.25) is 0 Å². The molecule has 3 rings (SSSR count). The summed E-state index contributed by atoms with van der Waals surface area (Å²) in [6, 6.07) is 18.9. The van der Waals surface area contributed by atoms with Gasteiger partial charge in [0.2, 0.25) is 0 Å². The van der Waals surface area contributed by atoms with Crippen LogP contribution >= 0.6 is 0 Å². The summed E-state index contributed by atoms with van der Waals surface area (Å²) in [5, 5.41) is 0. The Labute approximate surface area is 140 Å². The molecule has 122 valence electrons. The number of carbonyl (C=O) groups excluding carboxylic acids is 2. The van der Waals surface area contributed by atoms with E-state index in [0.29, 0.717) is 0 Å². The summed E-state index contributed by atoms with van der Waals surface area (Å²) in [7, 11) is 0. The zero-order valence-electron chi connectivity index (χ0n) is 13.1. The Balaban J connectivity index is 1.48. The third kappa shape index (κ3) is 3.90. The van der Waals surface area contributed by atoms with Crippen molar-refractivity contribution >= 4 is 11.9 Å². The normalized spacial score (nSPS) is 18.5.